The molecule has 1 fully saturated rings. The maximum atomic E-state index is 6.45. The van der Waals surface area contributed by atoms with E-state index in [2.05, 4.69) is 16.7 Å². The van der Waals surface area contributed by atoms with E-state index in [1.54, 1.807) is 0 Å². The highest BCUT2D eigenvalue weighted by atomic mass is 35.5. The van der Waals surface area contributed by atoms with Crippen LogP contribution < -0.4 is 5.73 Å². The fraction of sp³-hybridized carbons (Fsp3) is 0.800. The van der Waals surface area contributed by atoms with Crippen LogP contribution in [0.25, 0.3) is 0 Å². The summed E-state index contributed by atoms with van der Waals surface area (Å²) in [5.41, 5.74) is 8.50. The molecular weight excluding hydrogens is 258 g/mol. The van der Waals surface area contributed by atoms with Gasteiger partial charge in [-0.2, -0.15) is 5.10 Å². The van der Waals surface area contributed by atoms with E-state index in [0.29, 0.717) is 0 Å². The molecule has 0 aromatic carbocycles. The summed E-state index contributed by atoms with van der Waals surface area (Å²) in [4.78, 5) is 0. The smallest absolute Gasteiger partial charge is 0.0847 e. The number of nitrogens with two attached hydrogens (primary N) is 1. The molecule has 108 valence electrons. The fourth-order valence-corrected chi connectivity index (χ4v) is 3.53. The predicted octanol–water partition coefficient (Wildman–Crippen LogP) is 3.71. The summed E-state index contributed by atoms with van der Waals surface area (Å²) >= 11 is 6.45. The van der Waals surface area contributed by atoms with Crippen molar-refractivity contribution in [3.63, 3.8) is 0 Å². The van der Waals surface area contributed by atoms with Crippen LogP contribution in [-0.2, 0) is 13.0 Å². The molecule has 0 atom stereocenters. The molecule has 1 aliphatic carbocycles. The lowest BCUT2D eigenvalue weighted by molar-refractivity contribution is 0.246. The van der Waals surface area contributed by atoms with Gasteiger partial charge in [0.05, 0.1) is 16.4 Å². The van der Waals surface area contributed by atoms with Crippen molar-refractivity contribution in [2.75, 3.05) is 6.54 Å². The molecule has 0 aliphatic heterocycles. The van der Waals surface area contributed by atoms with Crippen molar-refractivity contribution < 1.29 is 0 Å². The highest BCUT2D eigenvalue weighted by Gasteiger charge is 2.32. The topological polar surface area (TPSA) is 43.8 Å². The predicted molar refractivity (Wildman–Crippen MR) is 80.5 cm³/mol. The maximum Gasteiger partial charge on any atom is 0.0847 e. The van der Waals surface area contributed by atoms with Crippen LogP contribution in [0.4, 0.5) is 0 Å². The van der Waals surface area contributed by atoms with Gasteiger partial charge in [0, 0.05) is 6.54 Å². The van der Waals surface area contributed by atoms with E-state index < -0.39 is 0 Å². The summed E-state index contributed by atoms with van der Waals surface area (Å²) in [7, 11) is 0. The second kappa shape index (κ2) is 6.27. The van der Waals surface area contributed by atoms with Crippen LogP contribution in [0, 0.1) is 12.3 Å². The molecule has 2 N–H and O–H groups in total. The van der Waals surface area contributed by atoms with E-state index in [4.69, 9.17) is 17.3 Å². The van der Waals surface area contributed by atoms with Crippen molar-refractivity contribution in [2.24, 2.45) is 11.1 Å². The zero-order valence-corrected chi connectivity index (χ0v) is 13.0. The number of aromatic nitrogens is 2. The van der Waals surface area contributed by atoms with Crippen LogP contribution in [0.3, 0.4) is 0 Å². The van der Waals surface area contributed by atoms with Crippen molar-refractivity contribution in [1.29, 1.82) is 0 Å². The van der Waals surface area contributed by atoms with Crippen LogP contribution in [0.15, 0.2) is 0 Å². The lowest BCUT2D eigenvalue weighted by Crippen LogP contribution is -2.33. The van der Waals surface area contributed by atoms with Gasteiger partial charge in [0.15, 0.2) is 0 Å². The third-order valence-electron chi connectivity index (χ3n) is 4.59. The van der Waals surface area contributed by atoms with Crippen LogP contribution in [0.5, 0.6) is 0 Å². The van der Waals surface area contributed by atoms with Crippen molar-refractivity contribution in [3.8, 4) is 0 Å². The third kappa shape index (κ3) is 3.14. The lowest BCUT2D eigenvalue weighted by atomic mass is 9.76. The molecule has 0 radical (unpaired) electrons. The minimum atomic E-state index is 0.236. The highest BCUT2D eigenvalue weighted by molar-refractivity contribution is 6.31. The average molecular weight is 284 g/mol. The summed E-state index contributed by atoms with van der Waals surface area (Å²) in [6, 6.07) is 0. The van der Waals surface area contributed by atoms with E-state index in [1.165, 1.54) is 44.2 Å². The number of aryl methyl sites for hydroxylation is 2. The van der Waals surface area contributed by atoms with Gasteiger partial charge in [-0.15, -0.1) is 0 Å². The molecule has 0 unspecified atom stereocenters. The first-order valence-corrected chi connectivity index (χ1v) is 7.91. The molecule has 1 saturated carbocycles. The zero-order chi connectivity index (χ0) is 13.9. The van der Waals surface area contributed by atoms with Crippen LogP contribution >= 0.6 is 11.6 Å². The molecule has 1 aromatic heterocycles. The SMILES string of the molecule is CCn1nc(C)c(Cl)c1CC1(CN)CCCCCC1. The number of nitrogens with zero attached hydrogens (tertiary/aromatic N) is 2. The molecule has 4 heteroatoms. The highest BCUT2D eigenvalue weighted by Crippen LogP contribution is 2.39. The molecule has 0 saturated heterocycles. The van der Waals surface area contributed by atoms with Gasteiger partial charge in [0.25, 0.3) is 0 Å². The van der Waals surface area contributed by atoms with Crippen LogP contribution in [-0.4, -0.2) is 16.3 Å². The molecule has 0 amide bonds. The molecule has 1 aliphatic rings. The largest absolute Gasteiger partial charge is 0.330 e. The Bertz CT molecular complexity index is 417. The summed E-state index contributed by atoms with van der Waals surface area (Å²) in [5.74, 6) is 0. The Morgan fingerprint density at radius 2 is 1.89 bits per heavy atom. The quantitative estimate of drug-likeness (QED) is 0.856. The van der Waals surface area contributed by atoms with Gasteiger partial charge in [-0.1, -0.05) is 37.3 Å². The molecule has 2 rings (SSSR count). The monoisotopic (exact) mass is 283 g/mol. The van der Waals surface area contributed by atoms with Crippen LogP contribution in [0.1, 0.15) is 56.8 Å². The van der Waals surface area contributed by atoms with Crippen molar-refractivity contribution in [3.05, 3.63) is 16.4 Å². The van der Waals surface area contributed by atoms with Crippen molar-refractivity contribution in [2.45, 2.75) is 65.3 Å². The van der Waals surface area contributed by atoms with E-state index in [9.17, 15) is 0 Å². The summed E-state index contributed by atoms with van der Waals surface area (Å²) in [6.45, 7) is 5.75. The standard InChI is InChI=1S/C15H26ClN3/c1-3-19-13(14(16)12(2)18-19)10-15(11-17)8-6-4-5-7-9-15/h3-11,17H2,1-2H3. The molecule has 19 heavy (non-hydrogen) atoms. The second-order valence-corrected chi connectivity index (χ2v) is 6.33. The Kier molecular flexibility index (Phi) is 4.91. The lowest BCUT2D eigenvalue weighted by Gasteiger charge is -2.31. The van der Waals surface area contributed by atoms with Crippen molar-refractivity contribution >= 4 is 11.6 Å². The minimum Gasteiger partial charge on any atom is -0.330 e. The van der Waals surface area contributed by atoms with Crippen LogP contribution in [0.2, 0.25) is 5.02 Å². The first-order valence-electron chi connectivity index (χ1n) is 7.54. The van der Waals surface area contributed by atoms with Gasteiger partial charge >= 0.3 is 0 Å². The molecule has 1 aromatic rings. The summed E-state index contributed by atoms with van der Waals surface area (Å²) in [5, 5.41) is 5.37. The fourth-order valence-electron chi connectivity index (χ4n) is 3.32. The van der Waals surface area contributed by atoms with Gasteiger partial charge in [0.2, 0.25) is 0 Å². The van der Waals surface area contributed by atoms with E-state index in [1.807, 2.05) is 6.92 Å². The number of hydrogen-bond acceptors (Lipinski definition) is 2. The summed E-state index contributed by atoms with van der Waals surface area (Å²) in [6.07, 6.45) is 8.74. The Balaban J connectivity index is 2.26. The first kappa shape index (κ1) is 14.9. The van der Waals surface area contributed by atoms with Gasteiger partial charge in [-0.05, 0) is 45.1 Å². The van der Waals surface area contributed by atoms with Gasteiger partial charge in [-0.25, -0.2) is 0 Å². The zero-order valence-electron chi connectivity index (χ0n) is 12.2. The maximum absolute atomic E-state index is 6.45. The molecule has 1 heterocycles. The Hall–Kier alpha value is -0.540. The third-order valence-corrected chi connectivity index (χ3v) is 5.08. The summed E-state index contributed by atoms with van der Waals surface area (Å²) < 4.78 is 2.06. The molecule has 3 nitrogen and oxygen atoms in total. The van der Waals surface area contributed by atoms with Gasteiger partial charge < -0.3 is 5.73 Å². The molecule has 0 bridgehead atoms. The van der Waals surface area contributed by atoms with Gasteiger partial charge in [-0.3, -0.25) is 4.68 Å². The Morgan fingerprint density at radius 3 is 2.42 bits per heavy atom. The first-order chi connectivity index (χ1) is 9.12. The normalized spacial score (nSPS) is 19.4. The molecular formula is C15H26ClN3. The van der Waals surface area contributed by atoms with Crippen molar-refractivity contribution in [1.82, 2.24) is 9.78 Å². The minimum absolute atomic E-state index is 0.236. The molecule has 0 spiro atoms. The number of rotatable bonds is 4. The second-order valence-electron chi connectivity index (χ2n) is 5.96. The average Bonchev–Trinajstić information content (AvgIpc) is 2.63. The number of halogens is 1. The van der Waals surface area contributed by atoms with E-state index in [-0.39, 0.29) is 5.41 Å². The Morgan fingerprint density at radius 1 is 1.26 bits per heavy atom. The van der Waals surface area contributed by atoms with E-state index in [0.717, 1.165) is 30.2 Å². The van der Waals surface area contributed by atoms with Gasteiger partial charge in [0.1, 0.15) is 0 Å². The van der Waals surface area contributed by atoms with E-state index >= 15 is 0 Å². The Labute approximate surface area is 121 Å². The number of hydrogen-bond donors (Lipinski definition) is 1.